The van der Waals surface area contributed by atoms with E-state index in [1.54, 1.807) is 0 Å². The third-order valence-electron chi connectivity index (χ3n) is 0. The minimum Gasteiger partial charge on any atom is -0.577 e. The molecular weight excluding hydrogens is 108 g/mol. The van der Waals surface area contributed by atoms with Gasteiger partial charge in [0.2, 0.25) is 0 Å². The van der Waals surface area contributed by atoms with Crippen LogP contribution in [0.25, 0.3) is 5.59 Å². The number of hydrogen-bond donors (Lipinski definition) is 0. The molecule has 0 aliphatic heterocycles. The molecule has 0 aromatic heterocycles. The zero-order chi connectivity index (χ0) is 4.00. The molecule has 0 radical (unpaired) electrons. The van der Waals surface area contributed by atoms with Crippen LogP contribution in [0.1, 0.15) is 0 Å². The van der Waals surface area contributed by atoms with Gasteiger partial charge in [-0.3, -0.25) is 0 Å². The summed E-state index contributed by atoms with van der Waals surface area (Å²) in [6, 6.07) is 0. The zero-order valence-electron chi connectivity index (χ0n) is 2.21. The average molecular weight is 108 g/mol. The standard InChI is InChI=1S/CN.Cr.NO/c1-2;;1-2/q-1;+2;-1. The Morgan fingerprint density at radius 1 is 1.40 bits per heavy atom. The molecule has 26 valence electrons. The summed E-state index contributed by atoms with van der Waals surface area (Å²) in [4.78, 5) is 7.25. The Morgan fingerprint density at radius 3 is 1.40 bits per heavy atom. The normalized spacial score (nSPS) is 1.20. The molecule has 0 N–H and O–H groups in total. The molecule has 0 bridgehead atoms. The number of rotatable bonds is 0. The van der Waals surface area contributed by atoms with Crippen LogP contribution in [-0.4, -0.2) is 0 Å². The van der Waals surface area contributed by atoms with Crippen molar-refractivity contribution in [3.8, 4) is 0 Å². The second-order valence-corrected chi connectivity index (χ2v) is 0. The summed E-state index contributed by atoms with van der Waals surface area (Å²) in [5.41, 5.74) is 5.75. The molecule has 0 atom stereocenters. The van der Waals surface area contributed by atoms with Gasteiger partial charge < -0.3 is 22.3 Å². The van der Waals surface area contributed by atoms with Gasteiger partial charge in [0.15, 0.2) is 0 Å². The average Bonchev–Trinajstić information content (AvgIpc) is 1.50. The Balaban J connectivity index is -0.0000000133. The van der Waals surface area contributed by atoms with E-state index in [1.807, 2.05) is 0 Å². The van der Waals surface area contributed by atoms with Crippen LogP contribution in [0, 0.1) is 16.7 Å². The van der Waals surface area contributed by atoms with Crippen LogP contribution in [0.15, 0.2) is 0 Å². The number of hydrogen-bond acceptors (Lipinski definition) is 2. The number of nitrogens with zero attached hydrogens (tertiary/aromatic N) is 2. The molecule has 4 heteroatoms. The quantitative estimate of drug-likeness (QED) is 0.422. The molecule has 0 aromatic rings. The predicted octanol–water partition coefficient (Wildman–Crippen LogP) is 0.416. The first-order valence-electron chi connectivity index (χ1n) is 0.406. The van der Waals surface area contributed by atoms with Gasteiger partial charge in [-0.15, -0.1) is 0 Å². The summed E-state index contributed by atoms with van der Waals surface area (Å²) < 4.78 is 0. The van der Waals surface area contributed by atoms with Gasteiger partial charge in [0.05, 0.1) is 0 Å². The Hall–Kier alpha value is -0.378. The van der Waals surface area contributed by atoms with Crippen LogP contribution in [0.2, 0.25) is 0 Å². The minimum atomic E-state index is 0. The van der Waals surface area contributed by atoms with Crippen molar-refractivity contribution in [2.75, 3.05) is 0 Å². The van der Waals surface area contributed by atoms with Crippen LogP contribution in [0.4, 0.5) is 0 Å². The first kappa shape index (κ1) is 23.0. The molecule has 0 fully saturated rings. The van der Waals surface area contributed by atoms with Gasteiger partial charge in [-0.25, -0.2) is 0 Å². The molecule has 3 nitrogen and oxygen atoms in total. The molecule has 0 saturated carbocycles. The summed E-state index contributed by atoms with van der Waals surface area (Å²) in [6.07, 6.45) is 0. The van der Waals surface area contributed by atoms with E-state index in [0.29, 0.717) is 0 Å². The van der Waals surface area contributed by atoms with E-state index in [4.69, 9.17) is 22.3 Å². The number of nitroso groups, excluding NO2 is 1. The van der Waals surface area contributed by atoms with Crippen LogP contribution in [-0.2, 0) is 17.4 Å². The molecule has 0 aliphatic carbocycles. The fraction of sp³-hybridized carbons (Fsp3) is 0. The molecule has 0 aromatic carbocycles. The van der Waals surface area contributed by atoms with Crippen molar-refractivity contribution < 1.29 is 17.4 Å². The van der Waals surface area contributed by atoms with E-state index in [1.165, 1.54) is 0 Å². The maximum Gasteiger partial charge on any atom is 2.00 e. The maximum absolute atomic E-state index is 7.25. The molecule has 5 heavy (non-hydrogen) atoms. The van der Waals surface area contributed by atoms with Crippen molar-refractivity contribution in [1.29, 1.82) is 5.26 Å². The molecular formula is CCrN2O. The Labute approximate surface area is 40.5 Å². The molecule has 0 spiro atoms. The smallest absolute Gasteiger partial charge is 0.577 e. The van der Waals surface area contributed by atoms with Gasteiger partial charge in [0.1, 0.15) is 0 Å². The molecule has 0 aliphatic rings. The molecule has 0 unspecified atom stereocenters. The monoisotopic (exact) mass is 108 g/mol. The Bertz CT molecular complexity index is 20.9. The van der Waals surface area contributed by atoms with E-state index in [0.717, 1.165) is 0 Å². The maximum atomic E-state index is 7.25. The van der Waals surface area contributed by atoms with Gasteiger partial charge in [0.25, 0.3) is 0 Å². The van der Waals surface area contributed by atoms with Crippen molar-refractivity contribution >= 4 is 0 Å². The van der Waals surface area contributed by atoms with Crippen LogP contribution in [0.3, 0.4) is 0 Å². The molecule has 0 amide bonds. The SMILES string of the molecule is [C-]#N.[Cr+2].[N-]=O. The fourth-order valence-electron chi connectivity index (χ4n) is 0. The first-order chi connectivity index (χ1) is 2.00. The van der Waals surface area contributed by atoms with E-state index < -0.39 is 0 Å². The van der Waals surface area contributed by atoms with Gasteiger partial charge in [0, 0.05) is 0 Å². The zero-order valence-corrected chi connectivity index (χ0v) is 3.49. The van der Waals surface area contributed by atoms with Gasteiger partial charge in [-0.05, 0) is 0 Å². The topological polar surface area (TPSA) is 63.2 Å². The summed E-state index contributed by atoms with van der Waals surface area (Å²) in [7, 11) is 0. The van der Waals surface area contributed by atoms with Crippen molar-refractivity contribution in [3.05, 3.63) is 17.1 Å². The second kappa shape index (κ2) is 175. The third kappa shape index (κ3) is 66.9. The van der Waals surface area contributed by atoms with E-state index in [-0.39, 0.29) is 17.4 Å². The summed E-state index contributed by atoms with van der Waals surface area (Å²) >= 11 is 0. The first-order valence-corrected chi connectivity index (χ1v) is 0.406. The Morgan fingerprint density at radius 2 is 1.40 bits per heavy atom. The van der Waals surface area contributed by atoms with Crippen LogP contribution >= 0.6 is 0 Å². The molecule has 0 heterocycles. The summed E-state index contributed by atoms with van der Waals surface area (Å²) in [5, 5.41) is 6.25. The van der Waals surface area contributed by atoms with Gasteiger partial charge >= 0.3 is 17.4 Å². The van der Waals surface area contributed by atoms with Crippen molar-refractivity contribution in [1.82, 2.24) is 0 Å². The van der Waals surface area contributed by atoms with Gasteiger partial charge in [-0.2, -0.15) is 0 Å². The fourth-order valence-corrected chi connectivity index (χ4v) is 0. The summed E-state index contributed by atoms with van der Waals surface area (Å²) in [5.74, 6) is 0. The van der Waals surface area contributed by atoms with Gasteiger partial charge in [-0.1, -0.05) is 0 Å². The summed E-state index contributed by atoms with van der Waals surface area (Å²) in [6.45, 7) is 4.75. The van der Waals surface area contributed by atoms with Crippen LogP contribution in [0.5, 0.6) is 0 Å². The second-order valence-electron chi connectivity index (χ2n) is 0. The largest absolute Gasteiger partial charge is 2.00 e. The van der Waals surface area contributed by atoms with Crippen molar-refractivity contribution in [2.24, 2.45) is 0 Å². The van der Waals surface area contributed by atoms with E-state index in [2.05, 4.69) is 0 Å². The molecule has 0 saturated heterocycles. The van der Waals surface area contributed by atoms with Crippen molar-refractivity contribution in [3.63, 3.8) is 0 Å². The Kier molecular flexibility index (Phi) is 806. The molecule has 0 rings (SSSR count). The minimum absolute atomic E-state index is 0. The van der Waals surface area contributed by atoms with E-state index in [9.17, 15) is 0 Å². The van der Waals surface area contributed by atoms with E-state index >= 15 is 0 Å². The third-order valence-corrected chi connectivity index (χ3v) is 0. The van der Waals surface area contributed by atoms with Crippen LogP contribution < -0.4 is 0 Å². The predicted molar refractivity (Wildman–Crippen MR) is 11.7 cm³/mol. The van der Waals surface area contributed by atoms with Crippen molar-refractivity contribution in [2.45, 2.75) is 0 Å².